The number of carbonyl (C=O) groups is 2. The first-order valence-corrected chi connectivity index (χ1v) is 11.7. The number of aryl methyl sites for hydroxylation is 2. The highest BCUT2D eigenvalue weighted by Crippen LogP contribution is 2.41. The number of anilines is 1. The van der Waals surface area contributed by atoms with Crippen molar-refractivity contribution in [1.82, 2.24) is 10.3 Å². The molecule has 2 amide bonds. The summed E-state index contributed by atoms with van der Waals surface area (Å²) in [6, 6.07) is 7.71. The van der Waals surface area contributed by atoms with Gasteiger partial charge in [-0.05, 0) is 62.5 Å². The number of nitrogens with zero attached hydrogens (tertiary/aromatic N) is 1. The van der Waals surface area contributed by atoms with E-state index in [1.807, 2.05) is 31.2 Å². The second-order valence-corrected chi connectivity index (χ2v) is 10.9. The zero-order valence-electron chi connectivity index (χ0n) is 18.2. The van der Waals surface area contributed by atoms with Crippen LogP contribution in [0.5, 0.6) is 0 Å². The molecule has 5 nitrogen and oxygen atoms in total. The van der Waals surface area contributed by atoms with Crippen molar-refractivity contribution in [2.24, 2.45) is 11.3 Å². The zero-order valence-corrected chi connectivity index (χ0v) is 19.1. The summed E-state index contributed by atoms with van der Waals surface area (Å²) in [5.74, 6) is 0.342. The lowest BCUT2D eigenvalue weighted by molar-refractivity contribution is -0.123. The van der Waals surface area contributed by atoms with Gasteiger partial charge in [-0.1, -0.05) is 38.5 Å². The summed E-state index contributed by atoms with van der Waals surface area (Å²) >= 11 is 1.49. The van der Waals surface area contributed by atoms with E-state index < -0.39 is 0 Å². The lowest BCUT2D eigenvalue weighted by Gasteiger charge is -2.39. The molecule has 0 saturated heterocycles. The van der Waals surface area contributed by atoms with Crippen LogP contribution in [0.15, 0.2) is 24.3 Å². The number of thiazole rings is 1. The maximum atomic E-state index is 13.0. The molecule has 2 aliphatic rings. The number of benzene rings is 1. The third kappa shape index (κ3) is 4.59. The van der Waals surface area contributed by atoms with Gasteiger partial charge in [0.2, 0.25) is 5.91 Å². The molecule has 3 unspecified atom stereocenters. The first kappa shape index (κ1) is 21.0. The topological polar surface area (TPSA) is 71.1 Å². The van der Waals surface area contributed by atoms with Crippen LogP contribution in [-0.2, 0) is 11.2 Å². The average molecular weight is 426 g/mol. The first-order valence-electron chi connectivity index (χ1n) is 10.9. The van der Waals surface area contributed by atoms with E-state index in [0.717, 1.165) is 41.8 Å². The molecule has 160 valence electrons. The standard InChI is InChI=1S/C24H31N3O2S/c1-14-5-7-16(8-6-14)21(28)27-23-26-20-18(9-10-19(20)30-23)22(29)25-17-11-15(2)12-24(3,4)13-17/h5-8,15,17-18H,9-13H2,1-4H3,(H,25,29)(H,26,27,28). The van der Waals surface area contributed by atoms with Crippen LogP contribution in [0.2, 0.25) is 0 Å². The van der Waals surface area contributed by atoms with E-state index in [2.05, 4.69) is 36.4 Å². The van der Waals surface area contributed by atoms with Gasteiger partial charge in [0, 0.05) is 16.5 Å². The molecule has 2 aliphatic carbocycles. The SMILES string of the molecule is Cc1ccc(C(=O)Nc2nc3c(s2)CCC3C(=O)NC2CC(C)CC(C)(C)C2)cc1. The molecule has 4 rings (SSSR count). The Balaban J connectivity index is 1.42. The van der Waals surface area contributed by atoms with Gasteiger partial charge < -0.3 is 5.32 Å². The number of fused-ring (bicyclic) bond motifs is 1. The average Bonchev–Trinajstić information content (AvgIpc) is 3.20. The molecule has 0 radical (unpaired) electrons. The molecule has 1 aromatic carbocycles. The van der Waals surface area contributed by atoms with E-state index >= 15 is 0 Å². The predicted octanol–water partition coefficient (Wildman–Crippen LogP) is 5.06. The third-order valence-electron chi connectivity index (χ3n) is 6.30. The summed E-state index contributed by atoms with van der Waals surface area (Å²) < 4.78 is 0. The summed E-state index contributed by atoms with van der Waals surface area (Å²) in [7, 11) is 0. The summed E-state index contributed by atoms with van der Waals surface area (Å²) in [6.07, 6.45) is 4.93. The van der Waals surface area contributed by atoms with E-state index in [-0.39, 0.29) is 29.2 Å². The van der Waals surface area contributed by atoms with Gasteiger partial charge in [0.25, 0.3) is 5.91 Å². The summed E-state index contributed by atoms with van der Waals surface area (Å²) in [5.41, 5.74) is 2.84. The van der Waals surface area contributed by atoms with E-state index in [9.17, 15) is 9.59 Å². The van der Waals surface area contributed by atoms with Crippen molar-refractivity contribution >= 4 is 28.3 Å². The number of hydrogen-bond acceptors (Lipinski definition) is 4. The zero-order chi connectivity index (χ0) is 21.5. The highest BCUT2D eigenvalue weighted by atomic mass is 32.1. The maximum Gasteiger partial charge on any atom is 0.257 e. The molecule has 2 aromatic rings. The second-order valence-electron chi connectivity index (χ2n) is 9.86. The Bertz CT molecular complexity index is 948. The molecule has 6 heteroatoms. The van der Waals surface area contributed by atoms with Gasteiger partial charge in [-0.25, -0.2) is 4.98 Å². The van der Waals surface area contributed by atoms with Crippen molar-refractivity contribution in [1.29, 1.82) is 0 Å². The van der Waals surface area contributed by atoms with Crippen LogP contribution < -0.4 is 10.6 Å². The minimum atomic E-state index is -0.207. The van der Waals surface area contributed by atoms with Gasteiger partial charge in [-0.2, -0.15) is 0 Å². The third-order valence-corrected chi connectivity index (χ3v) is 7.35. The lowest BCUT2D eigenvalue weighted by atomic mass is 9.70. The number of hydrogen-bond donors (Lipinski definition) is 2. The second kappa shape index (κ2) is 8.14. The monoisotopic (exact) mass is 425 g/mol. The van der Waals surface area contributed by atoms with Crippen LogP contribution in [0, 0.1) is 18.3 Å². The van der Waals surface area contributed by atoms with Gasteiger partial charge in [0.15, 0.2) is 5.13 Å². The van der Waals surface area contributed by atoms with Crippen molar-refractivity contribution in [3.8, 4) is 0 Å². The molecule has 1 aromatic heterocycles. The Kier molecular flexibility index (Phi) is 5.71. The fourth-order valence-electron chi connectivity index (χ4n) is 5.17. The largest absolute Gasteiger partial charge is 0.353 e. The van der Waals surface area contributed by atoms with Crippen LogP contribution in [-0.4, -0.2) is 22.8 Å². The fraction of sp³-hybridized carbons (Fsp3) is 0.542. The van der Waals surface area contributed by atoms with Crippen LogP contribution in [0.25, 0.3) is 0 Å². The Hall–Kier alpha value is -2.21. The minimum Gasteiger partial charge on any atom is -0.353 e. The Morgan fingerprint density at radius 3 is 2.60 bits per heavy atom. The maximum absolute atomic E-state index is 13.0. The van der Waals surface area contributed by atoms with Gasteiger partial charge in [0.1, 0.15) is 0 Å². The fourth-order valence-corrected chi connectivity index (χ4v) is 6.20. The molecule has 30 heavy (non-hydrogen) atoms. The lowest BCUT2D eigenvalue weighted by Crippen LogP contribution is -2.44. The molecule has 2 N–H and O–H groups in total. The number of rotatable bonds is 4. The normalized spacial score (nSPS) is 24.9. The molecule has 0 aliphatic heterocycles. The van der Waals surface area contributed by atoms with Crippen molar-refractivity contribution in [2.45, 2.75) is 71.8 Å². The first-order chi connectivity index (χ1) is 14.2. The minimum absolute atomic E-state index is 0.0883. The Labute approximate surface area is 182 Å². The Morgan fingerprint density at radius 2 is 1.90 bits per heavy atom. The molecule has 3 atom stereocenters. The predicted molar refractivity (Wildman–Crippen MR) is 121 cm³/mol. The van der Waals surface area contributed by atoms with Crippen molar-refractivity contribution in [3.05, 3.63) is 46.0 Å². The number of carbonyl (C=O) groups excluding carboxylic acids is 2. The molecule has 0 spiro atoms. The van der Waals surface area contributed by atoms with Crippen LogP contribution in [0.4, 0.5) is 5.13 Å². The van der Waals surface area contributed by atoms with Gasteiger partial charge >= 0.3 is 0 Å². The summed E-state index contributed by atoms with van der Waals surface area (Å²) in [4.78, 5) is 31.3. The molecule has 1 saturated carbocycles. The van der Waals surface area contributed by atoms with Gasteiger partial charge in [-0.3, -0.25) is 14.9 Å². The smallest absolute Gasteiger partial charge is 0.257 e. The van der Waals surface area contributed by atoms with Crippen molar-refractivity contribution < 1.29 is 9.59 Å². The molecule has 0 bridgehead atoms. The van der Waals surface area contributed by atoms with Crippen molar-refractivity contribution in [2.75, 3.05) is 5.32 Å². The Morgan fingerprint density at radius 1 is 1.17 bits per heavy atom. The van der Waals surface area contributed by atoms with Crippen LogP contribution in [0.1, 0.15) is 78.9 Å². The number of amides is 2. The van der Waals surface area contributed by atoms with E-state index in [4.69, 9.17) is 0 Å². The molecular formula is C24H31N3O2S. The highest BCUT2D eigenvalue weighted by molar-refractivity contribution is 7.16. The number of aromatic nitrogens is 1. The van der Waals surface area contributed by atoms with E-state index in [1.165, 1.54) is 17.8 Å². The van der Waals surface area contributed by atoms with Crippen LogP contribution in [0.3, 0.4) is 0 Å². The highest BCUT2D eigenvalue weighted by Gasteiger charge is 2.37. The van der Waals surface area contributed by atoms with Crippen molar-refractivity contribution in [3.63, 3.8) is 0 Å². The molecular weight excluding hydrogens is 394 g/mol. The van der Waals surface area contributed by atoms with Crippen LogP contribution >= 0.6 is 11.3 Å². The molecule has 1 heterocycles. The quantitative estimate of drug-likeness (QED) is 0.719. The number of nitrogens with one attached hydrogen (secondary N) is 2. The summed E-state index contributed by atoms with van der Waals surface area (Å²) in [6.45, 7) is 8.85. The van der Waals surface area contributed by atoms with E-state index in [0.29, 0.717) is 16.6 Å². The molecule has 1 fully saturated rings. The van der Waals surface area contributed by atoms with Gasteiger partial charge in [-0.15, -0.1) is 11.3 Å². The summed E-state index contributed by atoms with van der Waals surface area (Å²) in [5, 5.41) is 6.79. The van der Waals surface area contributed by atoms with E-state index in [1.54, 1.807) is 0 Å². The van der Waals surface area contributed by atoms with Gasteiger partial charge in [0.05, 0.1) is 11.6 Å².